The molecule has 3 heterocycles. The van der Waals surface area contributed by atoms with Crippen molar-refractivity contribution in [2.75, 3.05) is 39.4 Å². The van der Waals surface area contributed by atoms with Gasteiger partial charge in [0.25, 0.3) is 0 Å². The molecule has 0 saturated carbocycles. The van der Waals surface area contributed by atoms with Crippen molar-refractivity contribution in [3.05, 3.63) is 79.2 Å². The van der Waals surface area contributed by atoms with Gasteiger partial charge in [0.05, 0.1) is 18.7 Å². The predicted octanol–water partition coefficient (Wildman–Crippen LogP) is 4.08. The Morgan fingerprint density at radius 1 is 0.787 bits per heavy atom. The Balaban J connectivity index is -0.000000655. The molecule has 3 aliphatic heterocycles. The second-order valence-corrected chi connectivity index (χ2v) is 11.2. The maximum absolute atomic E-state index is 12.0. The number of Topliss-reactive ketones (excluding diaryl/α,β-unsaturated/α-hetero) is 1. The summed E-state index contributed by atoms with van der Waals surface area (Å²) < 4.78 is 15.4. The number of amides is 2. The van der Waals surface area contributed by atoms with E-state index in [4.69, 9.17) is 14.2 Å². The van der Waals surface area contributed by atoms with Gasteiger partial charge in [-0.15, -0.1) is 0 Å². The van der Waals surface area contributed by atoms with Crippen LogP contribution in [0.15, 0.2) is 60.7 Å². The number of ether oxygens (including phenoxy) is 3. The fraction of sp³-hybridized carbons (Fsp3) is 0.556. The zero-order valence-electron chi connectivity index (χ0n) is 27.0. The second kappa shape index (κ2) is 27.7. The molecule has 2 aromatic rings. The molecule has 3 fully saturated rings. The van der Waals surface area contributed by atoms with E-state index in [0.29, 0.717) is 26.1 Å². The van der Waals surface area contributed by atoms with Crippen LogP contribution in [-0.4, -0.2) is 101 Å². The van der Waals surface area contributed by atoms with Crippen molar-refractivity contribution in [2.45, 2.75) is 92.0 Å². The standard InChI is InChI=1S/C15H21NO3.C14H17NO3.C4H8O.2CH4.CH3.BrH.Mg/c1-15(18)9-5-6-10-16(12-15)14(17)19-11-13-7-3-2-4-8-13;16-13-8-4-5-9-15(10-13)14(17)18-11-12-6-2-1-3-7-12;1-2-4-5-3-1;;;;;/h2-4,7-8,18H,5-6,9-12H2,1H3;1-3,6-7H,4-5,8-11H2;1-4H2;2*1H4;1H3;1H;/q;;;;;-1;;+2/p-1. The van der Waals surface area contributed by atoms with Crippen molar-refractivity contribution in [1.82, 2.24) is 9.80 Å². The fourth-order valence-electron chi connectivity index (χ4n) is 4.82. The zero-order chi connectivity index (χ0) is 30.0. The summed E-state index contributed by atoms with van der Waals surface area (Å²) in [5.74, 6) is 0.115. The van der Waals surface area contributed by atoms with E-state index in [2.05, 4.69) is 0 Å². The van der Waals surface area contributed by atoms with Gasteiger partial charge in [-0.1, -0.05) is 75.5 Å². The van der Waals surface area contributed by atoms with Crippen LogP contribution in [-0.2, 0) is 32.2 Å². The van der Waals surface area contributed by atoms with E-state index in [1.807, 2.05) is 60.7 Å². The first-order valence-corrected chi connectivity index (χ1v) is 15.1. The van der Waals surface area contributed by atoms with E-state index in [1.165, 1.54) is 17.7 Å². The molecule has 0 radical (unpaired) electrons. The van der Waals surface area contributed by atoms with Gasteiger partial charge < -0.3 is 53.5 Å². The maximum Gasteiger partial charge on any atom is 2.00 e. The van der Waals surface area contributed by atoms with E-state index >= 15 is 0 Å². The third kappa shape index (κ3) is 20.7. The molecule has 47 heavy (non-hydrogen) atoms. The fourth-order valence-corrected chi connectivity index (χ4v) is 4.82. The third-order valence-electron chi connectivity index (χ3n) is 7.18. The molecule has 9 nitrogen and oxygen atoms in total. The first-order valence-electron chi connectivity index (χ1n) is 15.1. The average molecular weight is 734 g/mol. The number of carbonyl (C=O) groups is 3. The van der Waals surface area contributed by atoms with Crippen molar-refractivity contribution in [1.29, 1.82) is 0 Å². The molecule has 0 bridgehead atoms. The first-order chi connectivity index (χ1) is 20.3. The van der Waals surface area contributed by atoms with Crippen molar-refractivity contribution < 1.29 is 50.7 Å². The molecule has 0 aromatic heterocycles. The molecule has 1 unspecified atom stereocenters. The van der Waals surface area contributed by atoms with Crippen molar-refractivity contribution >= 4 is 41.0 Å². The van der Waals surface area contributed by atoms with Gasteiger partial charge in [0, 0.05) is 32.7 Å². The van der Waals surface area contributed by atoms with E-state index in [9.17, 15) is 19.5 Å². The van der Waals surface area contributed by atoms with Crippen LogP contribution in [0.4, 0.5) is 9.59 Å². The molecule has 262 valence electrons. The summed E-state index contributed by atoms with van der Waals surface area (Å²) in [5.41, 5.74) is 1.12. The predicted molar refractivity (Wildman–Crippen MR) is 185 cm³/mol. The smallest absolute Gasteiger partial charge is 1.00 e. The maximum atomic E-state index is 12.0. The van der Waals surface area contributed by atoms with Crippen LogP contribution in [0.3, 0.4) is 0 Å². The Morgan fingerprint density at radius 2 is 1.26 bits per heavy atom. The van der Waals surface area contributed by atoms with Crippen LogP contribution in [0, 0.1) is 7.43 Å². The summed E-state index contributed by atoms with van der Waals surface area (Å²) in [6.45, 7) is 6.11. The second-order valence-electron chi connectivity index (χ2n) is 11.2. The number of benzene rings is 2. The summed E-state index contributed by atoms with van der Waals surface area (Å²) >= 11 is 0. The number of halogens is 1. The first kappa shape index (κ1) is 49.2. The topological polar surface area (TPSA) is 106 Å². The molecule has 1 atom stereocenters. The number of hydrogen-bond acceptors (Lipinski definition) is 7. The van der Waals surface area contributed by atoms with Crippen LogP contribution < -0.4 is 17.0 Å². The summed E-state index contributed by atoms with van der Waals surface area (Å²) in [7, 11) is 0. The molecular formula is C36H57BrMgN2O7. The van der Waals surface area contributed by atoms with E-state index in [0.717, 1.165) is 56.4 Å². The number of likely N-dealkylation sites (tertiary alicyclic amines) is 2. The number of carbonyl (C=O) groups excluding carboxylic acids is 3. The minimum Gasteiger partial charge on any atom is -1.00 e. The van der Waals surface area contributed by atoms with Crippen molar-refractivity contribution in [3.63, 3.8) is 0 Å². The third-order valence-corrected chi connectivity index (χ3v) is 7.18. The molecule has 3 aliphatic rings. The van der Waals surface area contributed by atoms with Crippen molar-refractivity contribution in [2.24, 2.45) is 0 Å². The summed E-state index contributed by atoms with van der Waals surface area (Å²) in [4.78, 5) is 38.4. The van der Waals surface area contributed by atoms with Gasteiger partial charge in [-0.05, 0) is 63.0 Å². The number of nitrogens with zero attached hydrogens (tertiary/aromatic N) is 2. The van der Waals surface area contributed by atoms with Crippen molar-refractivity contribution in [3.8, 4) is 0 Å². The minimum absolute atomic E-state index is 0. The largest absolute Gasteiger partial charge is 2.00 e. The van der Waals surface area contributed by atoms with E-state index < -0.39 is 11.7 Å². The summed E-state index contributed by atoms with van der Waals surface area (Å²) in [6, 6.07) is 19.1. The molecule has 0 aliphatic carbocycles. The Bertz CT molecular complexity index is 1080. The quantitative estimate of drug-likeness (QED) is 0.373. The number of rotatable bonds is 4. The minimum atomic E-state index is -0.803. The Hall–Kier alpha value is -2.18. The number of aliphatic hydroxyl groups is 1. The van der Waals surface area contributed by atoms with Crippen LogP contribution in [0.25, 0.3) is 0 Å². The summed E-state index contributed by atoms with van der Waals surface area (Å²) in [6.07, 6.45) is 6.71. The van der Waals surface area contributed by atoms with Gasteiger partial charge in [0.2, 0.25) is 0 Å². The number of β-amino-alcohol motifs (C(OH)–C–C–N with tert-alkyl or cyclic N) is 1. The normalized spacial score (nSPS) is 18.4. The Labute approximate surface area is 310 Å². The van der Waals surface area contributed by atoms with Crippen LogP contribution in [0.1, 0.15) is 84.3 Å². The SMILES string of the molecule is C.C.C1CCOC1.CC1(O)CCCCN(C(=O)OCc2ccccc2)C1.O=C1CCCCN(C(=O)OCc2ccccc2)C1.[Br-].[CH3-].[Mg+2]. The molecule has 11 heteroatoms. The molecule has 2 amide bonds. The Kier molecular flexibility index (Phi) is 29.0. The van der Waals surface area contributed by atoms with Gasteiger partial charge in [0.15, 0.2) is 5.78 Å². The van der Waals surface area contributed by atoms with Crippen LogP contribution in [0.2, 0.25) is 0 Å². The van der Waals surface area contributed by atoms with Crippen LogP contribution >= 0.6 is 0 Å². The Morgan fingerprint density at radius 3 is 1.74 bits per heavy atom. The van der Waals surface area contributed by atoms with Gasteiger partial charge in [-0.3, -0.25) is 4.79 Å². The summed E-state index contributed by atoms with van der Waals surface area (Å²) in [5, 5.41) is 10.1. The van der Waals surface area contributed by atoms with Gasteiger partial charge in [0.1, 0.15) is 13.2 Å². The van der Waals surface area contributed by atoms with Gasteiger partial charge in [-0.2, -0.15) is 0 Å². The van der Waals surface area contributed by atoms with E-state index in [-0.39, 0.29) is 93.9 Å². The zero-order valence-corrected chi connectivity index (χ0v) is 30.0. The number of ketones is 1. The molecule has 3 saturated heterocycles. The molecule has 2 aromatic carbocycles. The molecule has 1 N–H and O–H groups in total. The number of hydrogen-bond donors (Lipinski definition) is 1. The van der Waals surface area contributed by atoms with E-state index in [1.54, 1.807) is 11.8 Å². The van der Waals surface area contributed by atoms with Gasteiger partial charge >= 0.3 is 35.2 Å². The monoisotopic (exact) mass is 732 g/mol. The average Bonchev–Trinajstić information content (AvgIpc) is 3.45. The van der Waals surface area contributed by atoms with Gasteiger partial charge in [-0.25, -0.2) is 9.59 Å². The molecule has 0 spiro atoms. The van der Waals surface area contributed by atoms with Crippen LogP contribution in [0.5, 0.6) is 0 Å². The molecule has 5 rings (SSSR count). The molecular weight excluding hydrogens is 677 g/mol.